The molecule has 118 valence electrons. The Morgan fingerprint density at radius 2 is 2.09 bits per heavy atom. The number of nitrogens with zero attached hydrogens (tertiary/aromatic N) is 4. The van der Waals surface area contributed by atoms with E-state index in [-0.39, 0.29) is 11.2 Å². The van der Waals surface area contributed by atoms with E-state index in [0.29, 0.717) is 11.5 Å². The first-order chi connectivity index (χ1) is 10.9. The van der Waals surface area contributed by atoms with Gasteiger partial charge in [0.25, 0.3) is 0 Å². The van der Waals surface area contributed by atoms with Crippen molar-refractivity contribution in [3.8, 4) is 5.75 Å². The van der Waals surface area contributed by atoms with Crippen molar-refractivity contribution in [1.82, 2.24) is 15.0 Å². The second-order valence-electron chi connectivity index (χ2n) is 6.08. The Balaban J connectivity index is 1.89. The molecule has 0 radical (unpaired) electrons. The maximum Gasteiger partial charge on any atom is 0.158 e. The molecule has 0 aliphatic rings. The number of rotatable bonds is 3. The van der Waals surface area contributed by atoms with Crippen LogP contribution >= 0.6 is 11.3 Å². The van der Waals surface area contributed by atoms with Crippen LogP contribution in [0, 0.1) is 0 Å². The number of hydrogen-bond donors (Lipinski definition) is 2. The van der Waals surface area contributed by atoms with Crippen LogP contribution in [0.25, 0.3) is 10.2 Å². The number of hydrazone groups is 1. The molecule has 0 fully saturated rings. The Labute approximate surface area is 138 Å². The number of aromatic nitrogens is 3. The molecule has 0 aliphatic carbocycles. The van der Waals surface area contributed by atoms with E-state index in [2.05, 4.69) is 52.3 Å². The molecule has 0 saturated heterocycles. The fourth-order valence-corrected chi connectivity index (χ4v) is 3.03. The van der Waals surface area contributed by atoms with Crippen molar-refractivity contribution in [2.75, 3.05) is 5.43 Å². The summed E-state index contributed by atoms with van der Waals surface area (Å²) in [5.74, 6) is 0.713. The van der Waals surface area contributed by atoms with Crippen LogP contribution in [0.15, 0.2) is 35.8 Å². The number of hydrogen-bond acceptors (Lipinski definition) is 7. The van der Waals surface area contributed by atoms with Crippen molar-refractivity contribution in [3.63, 3.8) is 0 Å². The van der Waals surface area contributed by atoms with Crippen LogP contribution in [0.3, 0.4) is 0 Å². The highest BCUT2D eigenvalue weighted by molar-refractivity contribution is 7.18. The molecule has 0 bridgehead atoms. The lowest BCUT2D eigenvalue weighted by molar-refractivity contribution is 0.471. The van der Waals surface area contributed by atoms with Crippen LogP contribution in [0.4, 0.5) is 5.82 Å². The van der Waals surface area contributed by atoms with Crippen molar-refractivity contribution in [2.45, 2.75) is 26.2 Å². The summed E-state index contributed by atoms with van der Waals surface area (Å²) in [6.07, 6.45) is 4.57. The Morgan fingerprint density at radius 3 is 2.83 bits per heavy atom. The monoisotopic (exact) mass is 327 g/mol. The van der Waals surface area contributed by atoms with Gasteiger partial charge < -0.3 is 5.11 Å². The highest BCUT2D eigenvalue weighted by atomic mass is 32.1. The summed E-state index contributed by atoms with van der Waals surface area (Å²) in [4.78, 5) is 14.8. The lowest BCUT2D eigenvalue weighted by Crippen LogP contribution is -2.07. The summed E-state index contributed by atoms with van der Waals surface area (Å²) < 4.78 is 0. The van der Waals surface area contributed by atoms with Crippen molar-refractivity contribution in [2.24, 2.45) is 5.10 Å². The van der Waals surface area contributed by atoms with Crippen molar-refractivity contribution >= 4 is 33.6 Å². The second kappa shape index (κ2) is 5.92. The molecule has 0 saturated carbocycles. The molecule has 0 atom stereocenters. The molecule has 3 aromatic rings. The van der Waals surface area contributed by atoms with Gasteiger partial charge in [-0.25, -0.2) is 9.97 Å². The van der Waals surface area contributed by atoms with Crippen molar-refractivity contribution in [3.05, 3.63) is 41.3 Å². The van der Waals surface area contributed by atoms with Crippen LogP contribution < -0.4 is 5.43 Å². The van der Waals surface area contributed by atoms with Crippen LogP contribution in [-0.2, 0) is 5.41 Å². The molecule has 0 unspecified atom stereocenters. The van der Waals surface area contributed by atoms with Gasteiger partial charge in [0, 0.05) is 11.1 Å². The average Bonchev–Trinajstić information content (AvgIpc) is 2.94. The molecular weight excluding hydrogens is 310 g/mol. The zero-order chi connectivity index (χ0) is 16.4. The Morgan fingerprint density at radius 1 is 1.26 bits per heavy atom. The minimum absolute atomic E-state index is 0.0612. The van der Waals surface area contributed by atoms with Crippen molar-refractivity contribution < 1.29 is 5.11 Å². The Bertz CT molecular complexity index is 866. The molecule has 2 N–H and O–H groups in total. The van der Waals surface area contributed by atoms with Gasteiger partial charge in [0.05, 0.1) is 11.6 Å². The van der Waals surface area contributed by atoms with Gasteiger partial charge in [-0.05, 0) is 23.6 Å². The zero-order valence-corrected chi connectivity index (χ0v) is 13.9. The molecule has 0 aliphatic heterocycles. The smallest absolute Gasteiger partial charge is 0.158 e. The summed E-state index contributed by atoms with van der Waals surface area (Å²) in [7, 11) is 0. The highest BCUT2D eigenvalue weighted by Gasteiger charge is 2.18. The van der Waals surface area contributed by atoms with Gasteiger partial charge in [0.15, 0.2) is 5.82 Å². The number of aromatic hydroxyl groups is 1. The van der Waals surface area contributed by atoms with Crippen LogP contribution in [-0.4, -0.2) is 26.3 Å². The average molecular weight is 327 g/mol. The van der Waals surface area contributed by atoms with Gasteiger partial charge in [-0.3, -0.25) is 10.4 Å². The normalized spacial score (nSPS) is 12.1. The van der Waals surface area contributed by atoms with E-state index in [4.69, 9.17) is 0 Å². The summed E-state index contributed by atoms with van der Waals surface area (Å²) in [6.45, 7) is 6.50. The molecule has 3 heterocycles. The molecule has 6 nitrogen and oxygen atoms in total. The number of thiophene rings is 1. The van der Waals surface area contributed by atoms with E-state index >= 15 is 0 Å². The summed E-state index contributed by atoms with van der Waals surface area (Å²) in [5.41, 5.74) is 3.36. The summed E-state index contributed by atoms with van der Waals surface area (Å²) in [5, 5.41) is 14.7. The van der Waals surface area contributed by atoms with E-state index in [9.17, 15) is 5.11 Å². The van der Waals surface area contributed by atoms with E-state index in [0.717, 1.165) is 10.2 Å². The number of anilines is 1. The SMILES string of the molecule is CC(C)(C)c1cc2c(NN=Cc3ncccc3O)ncnc2s1. The first kappa shape index (κ1) is 15.4. The maximum absolute atomic E-state index is 9.67. The van der Waals surface area contributed by atoms with Gasteiger partial charge in [-0.1, -0.05) is 20.8 Å². The molecule has 0 aromatic carbocycles. The predicted octanol–water partition coefficient (Wildman–Crippen LogP) is 3.54. The predicted molar refractivity (Wildman–Crippen MR) is 93.2 cm³/mol. The molecule has 3 aromatic heterocycles. The van der Waals surface area contributed by atoms with E-state index < -0.39 is 0 Å². The minimum atomic E-state index is 0.0612. The Hall–Kier alpha value is -2.54. The third-order valence-corrected chi connectivity index (χ3v) is 4.71. The number of fused-ring (bicyclic) bond motifs is 1. The molecule has 23 heavy (non-hydrogen) atoms. The third-order valence-electron chi connectivity index (χ3n) is 3.24. The van der Waals surface area contributed by atoms with Crippen LogP contribution in [0.2, 0.25) is 0 Å². The van der Waals surface area contributed by atoms with Crippen molar-refractivity contribution in [1.29, 1.82) is 0 Å². The minimum Gasteiger partial charge on any atom is -0.506 e. The molecule has 0 amide bonds. The third kappa shape index (κ3) is 3.29. The van der Waals surface area contributed by atoms with Gasteiger partial charge in [-0.15, -0.1) is 11.3 Å². The summed E-state index contributed by atoms with van der Waals surface area (Å²) in [6, 6.07) is 5.31. The zero-order valence-electron chi connectivity index (χ0n) is 13.1. The largest absolute Gasteiger partial charge is 0.506 e. The molecule has 0 spiro atoms. The quantitative estimate of drug-likeness (QED) is 0.568. The van der Waals surface area contributed by atoms with Crippen LogP contribution in [0.5, 0.6) is 5.75 Å². The second-order valence-corrected chi connectivity index (χ2v) is 7.11. The maximum atomic E-state index is 9.67. The van der Waals surface area contributed by atoms with E-state index in [1.165, 1.54) is 17.4 Å². The van der Waals surface area contributed by atoms with Gasteiger partial charge in [0.1, 0.15) is 22.6 Å². The summed E-state index contributed by atoms with van der Waals surface area (Å²) >= 11 is 1.66. The number of nitrogens with one attached hydrogen (secondary N) is 1. The van der Waals surface area contributed by atoms with Gasteiger partial charge >= 0.3 is 0 Å². The van der Waals surface area contributed by atoms with Gasteiger partial charge in [0.2, 0.25) is 0 Å². The lowest BCUT2D eigenvalue weighted by Gasteiger charge is -2.14. The van der Waals surface area contributed by atoms with Gasteiger partial charge in [-0.2, -0.15) is 5.10 Å². The lowest BCUT2D eigenvalue weighted by atomic mass is 9.94. The Kier molecular flexibility index (Phi) is 3.96. The van der Waals surface area contributed by atoms with Crippen LogP contribution in [0.1, 0.15) is 31.3 Å². The molecule has 3 rings (SSSR count). The van der Waals surface area contributed by atoms with E-state index in [1.54, 1.807) is 29.7 Å². The number of pyridine rings is 1. The fourth-order valence-electron chi connectivity index (χ4n) is 1.98. The first-order valence-corrected chi connectivity index (χ1v) is 7.95. The highest BCUT2D eigenvalue weighted by Crippen LogP contribution is 2.35. The molecule has 7 heteroatoms. The topological polar surface area (TPSA) is 83.3 Å². The molecular formula is C16H17N5OS. The fraction of sp³-hybridized carbons (Fsp3) is 0.250. The first-order valence-electron chi connectivity index (χ1n) is 7.13. The van der Waals surface area contributed by atoms with E-state index in [1.807, 2.05) is 0 Å². The standard InChI is InChI=1S/C16H17N5OS/c1-16(2,3)13-7-10-14(18-9-19-15(10)23-13)21-20-8-11-12(22)5-4-6-17-11/h4-9,22H,1-3H3,(H,18,19,21).